The molecule has 3 rings (SSSR count). The molecule has 0 fully saturated rings. The molecule has 1 heterocycles. The zero-order chi connectivity index (χ0) is 19.4. The van der Waals surface area contributed by atoms with E-state index in [-0.39, 0.29) is 16.8 Å². The van der Waals surface area contributed by atoms with Crippen LogP contribution in [0.2, 0.25) is 0 Å². The number of hydrogen-bond acceptors (Lipinski definition) is 8. The van der Waals surface area contributed by atoms with Gasteiger partial charge in [-0.25, -0.2) is 13.0 Å². The Labute approximate surface area is 155 Å². The molecule has 0 saturated heterocycles. The van der Waals surface area contributed by atoms with Gasteiger partial charge in [-0.3, -0.25) is 4.79 Å². The average Bonchev–Trinajstić information content (AvgIpc) is 3.15. The Morgan fingerprint density at radius 3 is 2.70 bits per heavy atom. The predicted octanol–water partition coefficient (Wildman–Crippen LogP) is 2.04. The molecule has 142 valence electrons. The van der Waals surface area contributed by atoms with Gasteiger partial charge in [-0.1, -0.05) is 6.07 Å². The molecule has 0 aliphatic heterocycles. The van der Waals surface area contributed by atoms with Gasteiger partial charge in [0.05, 0.1) is 30.6 Å². The lowest BCUT2D eigenvalue weighted by Crippen LogP contribution is -2.18. The van der Waals surface area contributed by atoms with Gasteiger partial charge >= 0.3 is 0 Å². The maximum absolute atomic E-state index is 12.6. The minimum absolute atomic E-state index is 0.0204. The van der Waals surface area contributed by atoms with Crippen LogP contribution in [-0.2, 0) is 14.6 Å². The lowest BCUT2D eigenvalue weighted by atomic mass is 10.2. The number of nitrogens with zero attached hydrogens (tertiary/aromatic N) is 2. The van der Waals surface area contributed by atoms with Gasteiger partial charge in [-0.2, -0.15) is 0 Å². The smallest absolute Gasteiger partial charge is 0.225 e. The molecule has 0 aliphatic rings. The fourth-order valence-electron chi connectivity index (χ4n) is 2.49. The predicted molar refractivity (Wildman–Crippen MR) is 96.6 cm³/mol. The lowest BCUT2D eigenvalue weighted by Gasteiger charge is -2.12. The molecule has 0 spiro atoms. The molecule has 0 aliphatic carbocycles. The van der Waals surface area contributed by atoms with Crippen molar-refractivity contribution in [3.63, 3.8) is 0 Å². The monoisotopic (exact) mass is 391 g/mol. The maximum atomic E-state index is 12.6. The second-order valence-corrected chi connectivity index (χ2v) is 7.65. The Kier molecular flexibility index (Phi) is 5.26. The first-order chi connectivity index (χ1) is 12.9. The Bertz CT molecular complexity index is 1080. The van der Waals surface area contributed by atoms with Crippen molar-refractivity contribution in [2.75, 3.05) is 25.3 Å². The molecule has 27 heavy (non-hydrogen) atoms. The zero-order valence-electron chi connectivity index (χ0n) is 14.6. The third-order valence-corrected chi connectivity index (χ3v) is 5.60. The second kappa shape index (κ2) is 7.62. The van der Waals surface area contributed by atoms with E-state index in [0.717, 1.165) is 0 Å². The molecule has 1 aromatic heterocycles. The summed E-state index contributed by atoms with van der Waals surface area (Å²) in [6.45, 7) is 0. The molecule has 1 amide bonds. The zero-order valence-corrected chi connectivity index (χ0v) is 15.4. The molecule has 0 unspecified atom stereocenters. The molecule has 0 atom stereocenters. The van der Waals surface area contributed by atoms with E-state index in [1.807, 2.05) is 0 Å². The summed E-state index contributed by atoms with van der Waals surface area (Å²) in [4.78, 5) is 12.2. The fraction of sp³-hybridized carbons (Fsp3) is 0.235. The van der Waals surface area contributed by atoms with Crippen molar-refractivity contribution < 1.29 is 27.3 Å². The van der Waals surface area contributed by atoms with E-state index in [2.05, 4.69) is 20.3 Å². The first kappa shape index (κ1) is 18.6. The molecular formula is C17H17N3O6S. The molecule has 0 saturated carbocycles. The molecule has 9 nitrogen and oxygen atoms in total. The summed E-state index contributed by atoms with van der Waals surface area (Å²) >= 11 is 0. The van der Waals surface area contributed by atoms with Crippen molar-refractivity contribution in [2.24, 2.45) is 0 Å². The summed E-state index contributed by atoms with van der Waals surface area (Å²) in [6.07, 6.45) is -0.246. The number of nitrogens with one attached hydrogen (secondary N) is 1. The maximum Gasteiger partial charge on any atom is 0.225 e. The minimum Gasteiger partial charge on any atom is -0.497 e. The van der Waals surface area contributed by atoms with Crippen molar-refractivity contribution in [2.45, 2.75) is 11.3 Å². The van der Waals surface area contributed by atoms with E-state index in [1.54, 1.807) is 30.3 Å². The Balaban J connectivity index is 1.73. The van der Waals surface area contributed by atoms with Crippen molar-refractivity contribution in [3.05, 3.63) is 36.4 Å². The van der Waals surface area contributed by atoms with Gasteiger partial charge in [0.1, 0.15) is 17.0 Å². The highest BCUT2D eigenvalue weighted by Crippen LogP contribution is 2.29. The number of carbonyl (C=O) groups is 1. The number of ether oxygens (including phenoxy) is 2. The normalized spacial score (nSPS) is 11.3. The minimum atomic E-state index is -3.75. The van der Waals surface area contributed by atoms with E-state index < -0.39 is 21.5 Å². The van der Waals surface area contributed by atoms with Crippen LogP contribution in [0.1, 0.15) is 6.42 Å². The average molecular weight is 391 g/mol. The van der Waals surface area contributed by atoms with Crippen molar-refractivity contribution in [3.8, 4) is 11.5 Å². The highest BCUT2D eigenvalue weighted by Gasteiger charge is 2.22. The number of benzene rings is 2. The lowest BCUT2D eigenvalue weighted by molar-refractivity contribution is -0.115. The summed E-state index contributed by atoms with van der Waals surface area (Å²) in [5.74, 6) is 0.0989. The van der Waals surface area contributed by atoms with Crippen LogP contribution < -0.4 is 14.8 Å². The summed E-state index contributed by atoms with van der Waals surface area (Å²) in [6, 6.07) is 9.46. The van der Waals surface area contributed by atoms with E-state index in [0.29, 0.717) is 22.7 Å². The highest BCUT2D eigenvalue weighted by molar-refractivity contribution is 7.91. The van der Waals surface area contributed by atoms with Crippen LogP contribution in [-0.4, -0.2) is 44.6 Å². The molecule has 1 N–H and O–H groups in total. The van der Waals surface area contributed by atoms with Gasteiger partial charge in [0.25, 0.3) is 0 Å². The molecule has 0 bridgehead atoms. The van der Waals surface area contributed by atoms with Crippen molar-refractivity contribution in [1.82, 2.24) is 10.3 Å². The Morgan fingerprint density at radius 2 is 1.96 bits per heavy atom. The van der Waals surface area contributed by atoms with Crippen LogP contribution in [0.25, 0.3) is 11.0 Å². The second-order valence-electron chi connectivity index (χ2n) is 5.57. The van der Waals surface area contributed by atoms with Crippen molar-refractivity contribution in [1.29, 1.82) is 0 Å². The number of methoxy groups -OCH3 is 2. The van der Waals surface area contributed by atoms with E-state index >= 15 is 0 Å². The van der Waals surface area contributed by atoms with Gasteiger partial charge in [-0.05, 0) is 34.6 Å². The number of sulfone groups is 1. The first-order valence-electron chi connectivity index (χ1n) is 7.90. The third-order valence-electron chi connectivity index (χ3n) is 3.86. The molecule has 2 aromatic carbocycles. The molecular weight excluding hydrogens is 374 g/mol. The van der Waals surface area contributed by atoms with Crippen LogP contribution in [0.15, 0.2) is 45.9 Å². The van der Waals surface area contributed by atoms with Crippen LogP contribution in [0, 0.1) is 0 Å². The van der Waals surface area contributed by atoms with Crippen LogP contribution in [0.3, 0.4) is 0 Å². The summed E-state index contributed by atoms with van der Waals surface area (Å²) in [5, 5.41) is 9.89. The number of aromatic nitrogens is 2. The SMILES string of the molecule is COc1ccc(OC)c(NC(=O)CCS(=O)(=O)c2cccc3nonc23)c1. The highest BCUT2D eigenvalue weighted by atomic mass is 32.2. The van der Waals surface area contributed by atoms with Gasteiger partial charge in [-0.15, -0.1) is 0 Å². The number of rotatable bonds is 7. The molecule has 10 heteroatoms. The van der Waals surface area contributed by atoms with Gasteiger partial charge in [0.15, 0.2) is 15.4 Å². The standard InChI is InChI=1S/C17H17N3O6S/c1-24-11-6-7-14(25-2)13(10-11)18-16(21)8-9-27(22,23)15-5-3-4-12-17(15)20-26-19-12/h3-7,10H,8-9H2,1-2H3,(H,18,21). The van der Waals surface area contributed by atoms with Gasteiger partial charge in [0.2, 0.25) is 5.91 Å². The van der Waals surface area contributed by atoms with Crippen LogP contribution in [0.5, 0.6) is 11.5 Å². The number of fused-ring (bicyclic) bond motifs is 1. The van der Waals surface area contributed by atoms with Crippen LogP contribution >= 0.6 is 0 Å². The third kappa shape index (κ3) is 4.00. The first-order valence-corrected chi connectivity index (χ1v) is 9.56. The largest absolute Gasteiger partial charge is 0.497 e. The van der Waals surface area contributed by atoms with E-state index in [4.69, 9.17) is 9.47 Å². The summed E-state index contributed by atoms with van der Waals surface area (Å²) in [5.41, 5.74) is 0.871. The van der Waals surface area contributed by atoms with Crippen LogP contribution in [0.4, 0.5) is 5.69 Å². The quantitative estimate of drug-likeness (QED) is 0.649. The number of amides is 1. The summed E-state index contributed by atoms with van der Waals surface area (Å²) < 4.78 is 40.1. The molecule has 3 aromatic rings. The van der Waals surface area contributed by atoms with Crippen molar-refractivity contribution >= 4 is 32.5 Å². The van der Waals surface area contributed by atoms with E-state index in [9.17, 15) is 13.2 Å². The number of hydrogen-bond donors (Lipinski definition) is 1. The Morgan fingerprint density at radius 1 is 1.15 bits per heavy atom. The number of carbonyl (C=O) groups excluding carboxylic acids is 1. The van der Waals surface area contributed by atoms with Gasteiger partial charge in [0, 0.05) is 12.5 Å². The topological polar surface area (TPSA) is 121 Å². The Hall–Kier alpha value is -3.14. The fourth-order valence-corrected chi connectivity index (χ4v) is 3.89. The summed E-state index contributed by atoms with van der Waals surface area (Å²) in [7, 11) is -0.786. The molecule has 0 radical (unpaired) electrons. The van der Waals surface area contributed by atoms with E-state index in [1.165, 1.54) is 20.3 Å². The van der Waals surface area contributed by atoms with Gasteiger partial charge < -0.3 is 14.8 Å². The number of anilines is 1.